The number of aromatic nitrogens is 1. The van der Waals surface area contributed by atoms with E-state index in [0.29, 0.717) is 0 Å². The average molecular weight is 398 g/mol. The highest BCUT2D eigenvalue weighted by Gasteiger charge is 2.45. The summed E-state index contributed by atoms with van der Waals surface area (Å²) in [5.74, 6) is -2.45. The SMILES string of the molecule is O=C(O)CCC(=O)N[C@H]1[C@H](O)[C@H](O)[C@H](CO)O[C@H]1NNC(=O)c1cccnc1. The lowest BCUT2D eigenvalue weighted by molar-refractivity contribution is -0.204. The highest BCUT2D eigenvalue weighted by atomic mass is 16.5. The first-order valence-corrected chi connectivity index (χ1v) is 8.43. The lowest BCUT2D eigenvalue weighted by Crippen LogP contribution is -2.69. The van der Waals surface area contributed by atoms with E-state index in [0.717, 1.165) is 0 Å². The van der Waals surface area contributed by atoms with Crippen molar-refractivity contribution in [3.8, 4) is 0 Å². The molecule has 0 unspecified atom stereocenters. The summed E-state index contributed by atoms with van der Waals surface area (Å²) in [5, 5.41) is 40.6. The molecule has 1 aliphatic heterocycles. The first kappa shape index (κ1) is 21.7. The normalized spacial score (nSPS) is 27.0. The molecule has 2 rings (SSSR count). The Morgan fingerprint density at radius 3 is 2.54 bits per heavy atom. The van der Waals surface area contributed by atoms with Crippen LogP contribution in [0.4, 0.5) is 0 Å². The molecule has 12 heteroatoms. The number of carboxylic acids is 1. The lowest BCUT2D eigenvalue weighted by Gasteiger charge is -2.42. The number of aliphatic carboxylic acids is 1. The number of carbonyl (C=O) groups excluding carboxylic acids is 2. The van der Waals surface area contributed by atoms with Crippen LogP contribution in [0.3, 0.4) is 0 Å². The number of hydrogen-bond acceptors (Lipinski definition) is 9. The number of amides is 2. The molecule has 154 valence electrons. The third kappa shape index (κ3) is 5.68. The third-order valence-corrected chi connectivity index (χ3v) is 4.07. The number of ether oxygens (including phenoxy) is 1. The fourth-order valence-corrected chi connectivity index (χ4v) is 2.59. The fourth-order valence-electron chi connectivity index (χ4n) is 2.59. The van der Waals surface area contributed by atoms with Crippen LogP contribution in [0.25, 0.3) is 0 Å². The van der Waals surface area contributed by atoms with Gasteiger partial charge in [0, 0.05) is 18.8 Å². The average Bonchev–Trinajstić information content (AvgIpc) is 2.69. The van der Waals surface area contributed by atoms with E-state index in [1.165, 1.54) is 18.5 Å². The first-order valence-electron chi connectivity index (χ1n) is 8.43. The van der Waals surface area contributed by atoms with Crippen molar-refractivity contribution in [2.75, 3.05) is 6.61 Å². The highest BCUT2D eigenvalue weighted by Crippen LogP contribution is 2.20. The molecule has 12 nitrogen and oxygen atoms in total. The number of rotatable bonds is 8. The van der Waals surface area contributed by atoms with Gasteiger partial charge < -0.3 is 30.5 Å². The second-order valence-electron chi connectivity index (χ2n) is 6.09. The lowest BCUT2D eigenvalue weighted by atomic mass is 9.96. The standard InChI is InChI=1S/C16H22N4O8/c21-7-9-13(25)14(26)12(18-10(22)3-4-11(23)24)16(28-9)20-19-15(27)8-2-1-5-17-6-8/h1-2,5-6,9,12-14,16,20-21,25-26H,3-4,7H2,(H,18,22)(H,19,27)(H,23,24)/t9-,12-,13+,14-,16+/m0/s1. The quantitative estimate of drug-likeness (QED) is 0.224. The predicted octanol–water partition coefficient (Wildman–Crippen LogP) is -2.90. The van der Waals surface area contributed by atoms with E-state index in [4.69, 9.17) is 9.84 Å². The molecule has 0 aromatic carbocycles. The topological polar surface area (TPSA) is 190 Å². The summed E-state index contributed by atoms with van der Waals surface area (Å²) in [6, 6.07) is 1.83. The van der Waals surface area contributed by atoms with Gasteiger partial charge in [-0.1, -0.05) is 0 Å². The Bertz CT molecular complexity index is 688. The number of carboxylic acid groups (broad SMARTS) is 1. The van der Waals surface area contributed by atoms with Gasteiger partial charge in [-0.3, -0.25) is 24.8 Å². The molecule has 7 N–H and O–H groups in total. The summed E-state index contributed by atoms with van der Waals surface area (Å²) in [4.78, 5) is 38.4. The molecule has 2 heterocycles. The predicted molar refractivity (Wildman–Crippen MR) is 91.4 cm³/mol. The van der Waals surface area contributed by atoms with Gasteiger partial charge >= 0.3 is 5.97 Å². The van der Waals surface area contributed by atoms with E-state index in [2.05, 4.69) is 21.2 Å². The molecule has 1 saturated heterocycles. The van der Waals surface area contributed by atoms with E-state index < -0.39 is 61.4 Å². The molecule has 0 saturated carbocycles. The van der Waals surface area contributed by atoms with Gasteiger partial charge in [-0.2, -0.15) is 0 Å². The molecule has 1 aromatic rings. The van der Waals surface area contributed by atoms with Crippen molar-refractivity contribution in [1.29, 1.82) is 0 Å². The molecule has 0 bridgehead atoms. The summed E-state index contributed by atoms with van der Waals surface area (Å²) in [5.41, 5.74) is 5.05. The molecule has 1 aliphatic rings. The third-order valence-electron chi connectivity index (χ3n) is 4.07. The van der Waals surface area contributed by atoms with Gasteiger partial charge in [-0.25, -0.2) is 5.43 Å². The molecule has 1 fully saturated rings. The molecule has 28 heavy (non-hydrogen) atoms. The number of aliphatic hydroxyl groups excluding tert-OH is 3. The molecule has 0 spiro atoms. The van der Waals surface area contributed by atoms with Crippen molar-refractivity contribution in [2.45, 2.75) is 43.4 Å². The molecular formula is C16H22N4O8. The molecule has 0 aliphatic carbocycles. The summed E-state index contributed by atoms with van der Waals surface area (Å²) in [6.45, 7) is -0.618. The summed E-state index contributed by atoms with van der Waals surface area (Å²) in [6.07, 6.45) is -3.42. The van der Waals surface area contributed by atoms with Gasteiger partial charge in [-0.15, -0.1) is 0 Å². The molecular weight excluding hydrogens is 376 g/mol. The monoisotopic (exact) mass is 398 g/mol. The maximum absolute atomic E-state index is 12.1. The minimum Gasteiger partial charge on any atom is -0.481 e. The first-order chi connectivity index (χ1) is 13.3. The van der Waals surface area contributed by atoms with Crippen molar-refractivity contribution in [2.24, 2.45) is 0 Å². The van der Waals surface area contributed by atoms with Crippen LogP contribution in [0.2, 0.25) is 0 Å². The Balaban J connectivity index is 2.05. The Morgan fingerprint density at radius 1 is 1.18 bits per heavy atom. The fraction of sp³-hybridized carbons (Fsp3) is 0.500. The number of nitrogens with one attached hydrogen (secondary N) is 3. The number of hydrazine groups is 1. The van der Waals surface area contributed by atoms with Gasteiger partial charge in [-0.05, 0) is 12.1 Å². The Morgan fingerprint density at radius 2 is 1.93 bits per heavy atom. The minimum absolute atomic E-state index is 0.229. The van der Waals surface area contributed by atoms with Crippen LogP contribution in [0.1, 0.15) is 23.2 Å². The molecule has 0 radical (unpaired) electrons. The van der Waals surface area contributed by atoms with Crippen LogP contribution < -0.4 is 16.2 Å². The van der Waals surface area contributed by atoms with Gasteiger partial charge in [0.05, 0.1) is 24.6 Å². The highest BCUT2D eigenvalue weighted by molar-refractivity contribution is 5.93. The summed E-state index contributed by atoms with van der Waals surface area (Å²) in [7, 11) is 0. The van der Waals surface area contributed by atoms with E-state index in [9.17, 15) is 29.7 Å². The van der Waals surface area contributed by atoms with E-state index in [1.807, 2.05) is 0 Å². The zero-order valence-corrected chi connectivity index (χ0v) is 14.7. The van der Waals surface area contributed by atoms with Crippen LogP contribution in [-0.2, 0) is 14.3 Å². The maximum atomic E-state index is 12.1. The minimum atomic E-state index is -1.55. The van der Waals surface area contributed by atoms with Crippen molar-refractivity contribution in [3.63, 3.8) is 0 Å². The summed E-state index contributed by atoms with van der Waals surface area (Å²) < 4.78 is 5.41. The van der Waals surface area contributed by atoms with Crippen molar-refractivity contribution in [1.82, 2.24) is 21.2 Å². The number of aliphatic hydroxyl groups is 3. The second kappa shape index (κ2) is 10.1. The van der Waals surface area contributed by atoms with Crippen LogP contribution >= 0.6 is 0 Å². The Hall–Kier alpha value is -2.64. The largest absolute Gasteiger partial charge is 0.481 e. The van der Waals surface area contributed by atoms with E-state index >= 15 is 0 Å². The Kier molecular flexibility index (Phi) is 7.78. The van der Waals surface area contributed by atoms with E-state index in [1.54, 1.807) is 6.07 Å². The van der Waals surface area contributed by atoms with Crippen LogP contribution in [-0.4, -0.2) is 80.4 Å². The van der Waals surface area contributed by atoms with Crippen molar-refractivity contribution in [3.05, 3.63) is 30.1 Å². The zero-order valence-electron chi connectivity index (χ0n) is 14.7. The second-order valence-corrected chi connectivity index (χ2v) is 6.09. The Labute approximate surface area is 159 Å². The zero-order chi connectivity index (χ0) is 20.7. The van der Waals surface area contributed by atoms with Crippen molar-refractivity contribution >= 4 is 17.8 Å². The van der Waals surface area contributed by atoms with Gasteiger partial charge in [0.2, 0.25) is 5.91 Å². The van der Waals surface area contributed by atoms with Gasteiger partial charge in [0.25, 0.3) is 5.91 Å². The van der Waals surface area contributed by atoms with Crippen LogP contribution in [0.5, 0.6) is 0 Å². The molecule has 1 aromatic heterocycles. The number of hydrogen-bond donors (Lipinski definition) is 7. The summed E-state index contributed by atoms with van der Waals surface area (Å²) >= 11 is 0. The van der Waals surface area contributed by atoms with Crippen LogP contribution in [0.15, 0.2) is 24.5 Å². The number of carbonyl (C=O) groups is 3. The number of nitrogens with zero attached hydrogens (tertiary/aromatic N) is 1. The molecule has 2 amide bonds. The smallest absolute Gasteiger partial charge is 0.303 e. The van der Waals surface area contributed by atoms with Gasteiger partial charge in [0.15, 0.2) is 0 Å². The molecule has 5 atom stereocenters. The van der Waals surface area contributed by atoms with E-state index in [-0.39, 0.29) is 12.0 Å². The van der Waals surface area contributed by atoms with Gasteiger partial charge in [0.1, 0.15) is 24.5 Å². The van der Waals surface area contributed by atoms with Crippen LogP contribution in [0, 0.1) is 0 Å². The maximum Gasteiger partial charge on any atom is 0.303 e. The van der Waals surface area contributed by atoms with Crippen molar-refractivity contribution < 1.29 is 39.5 Å². The number of pyridine rings is 1.